The molecule has 2 aromatic carbocycles. The molecule has 6 heteroatoms. The average Bonchev–Trinajstić information content (AvgIpc) is 3.04. The molecule has 4 nitrogen and oxygen atoms in total. The van der Waals surface area contributed by atoms with E-state index in [0.29, 0.717) is 27.5 Å². The smallest absolute Gasteiger partial charge is 0.230 e. The molecule has 0 radical (unpaired) electrons. The lowest BCUT2D eigenvalue weighted by molar-refractivity contribution is -0.115. The summed E-state index contributed by atoms with van der Waals surface area (Å²) in [7, 11) is 0. The van der Waals surface area contributed by atoms with Gasteiger partial charge in [-0.15, -0.1) is 11.3 Å². The normalized spacial score (nSPS) is 10.2. The second-order valence-corrected chi connectivity index (χ2v) is 5.93. The number of anilines is 1. The molecule has 0 aliphatic carbocycles. The van der Waals surface area contributed by atoms with Gasteiger partial charge in [0.1, 0.15) is 10.8 Å². The first-order valence-corrected chi connectivity index (χ1v) is 8.02. The molecule has 1 N–H and O–H groups in total. The van der Waals surface area contributed by atoms with Gasteiger partial charge in [0.15, 0.2) is 0 Å². The number of carbonyl (C=O) groups excluding carboxylic acids is 1. The lowest BCUT2D eigenvalue weighted by Gasteiger charge is -2.03. The summed E-state index contributed by atoms with van der Waals surface area (Å²) in [6, 6.07) is 14.9. The van der Waals surface area contributed by atoms with E-state index < -0.39 is 0 Å². The van der Waals surface area contributed by atoms with Crippen molar-refractivity contribution < 1.29 is 9.18 Å². The Morgan fingerprint density at radius 3 is 2.75 bits per heavy atom. The van der Waals surface area contributed by atoms with Crippen molar-refractivity contribution in [3.8, 4) is 16.6 Å². The zero-order valence-electron chi connectivity index (χ0n) is 12.5. The van der Waals surface area contributed by atoms with E-state index in [-0.39, 0.29) is 18.1 Å². The van der Waals surface area contributed by atoms with Gasteiger partial charge in [0.05, 0.1) is 23.7 Å². The number of hydrogen-bond donors (Lipinski definition) is 1. The maximum Gasteiger partial charge on any atom is 0.230 e. The van der Waals surface area contributed by atoms with Gasteiger partial charge in [-0.1, -0.05) is 12.1 Å². The van der Waals surface area contributed by atoms with Crippen LogP contribution >= 0.6 is 11.3 Å². The SMILES string of the molecule is N#Cc1ccc(NC(=O)Cc2csc(-c3cccc(F)c3)n2)cc1. The predicted octanol–water partition coefficient (Wildman–Crippen LogP) is 4.00. The van der Waals surface area contributed by atoms with Gasteiger partial charge in [0.25, 0.3) is 0 Å². The highest BCUT2D eigenvalue weighted by Gasteiger charge is 2.10. The van der Waals surface area contributed by atoms with E-state index in [1.165, 1.54) is 23.5 Å². The van der Waals surface area contributed by atoms with E-state index in [1.807, 2.05) is 6.07 Å². The van der Waals surface area contributed by atoms with Crippen LogP contribution in [0.25, 0.3) is 10.6 Å². The summed E-state index contributed by atoms with van der Waals surface area (Å²) in [6.45, 7) is 0. The number of thiazole rings is 1. The largest absolute Gasteiger partial charge is 0.326 e. The van der Waals surface area contributed by atoms with E-state index in [4.69, 9.17) is 5.26 Å². The standard InChI is InChI=1S/C18H12FN3OS/c19-14-3-1-2-13(8-14)18-22-16(11-24-18)9-17(23)21-15-6-4-12(10-20)5-7-15/h1-8,11H,9H2,(H,21,23). The number of carbonyl (C=O) groups is 1. The third kappa shape index (κ3) is 3.83. The predicted molar refractivity (Wildman–Crippen MR) is 91.0 cm³/mol. The first-order chi connectivity index (χ1) is 11.6. The van der Waals surface area contributed by atoms with Gasteiger partial charge in [-0.25, -0.2) is 9.37 Å². The summed E-state index contributed by atoms with van der Waals surface area (Å²) >= 11 is 1.37. The Bertz CT molecular complexity index is 913. The highest BCUT2D eigenvalue weighted by Crippen LogP contribution is 2.24. The van der Waals surface area contributed by atoms with Gasteiger partial charge in [0, 0.05) is 16.6 Å². The molecule has 3 rings (SSSR count). The second kappa shape index (κ2) is 7.02. The molecule has 1 amide bonds. The maximum atomic E-state index is 13.3. The summed E-state index contributed by atoms with van der Waals surface area (Å²) < 4.78 is 13.3. The molecule has 0 saturated heterocycles. The van der Waals surface area contributed by atoms with Crippen LogP contribution in [-0.4, -0.2) is 10.9 Å². The van der Waals surface area contributed by atoms with Crippen LogP contribution in [0.5, 0.6) is 0 Å². The fourth-order valence-electron chi connectivity index (χ4n) is 2.14. The van der Waals surface area contributed by atoms with Gasteiger partial charge in [-0.3, -0.25) is 4.79 Å². The van der Waals surface area contributed by atoms with Crippen LogP contribution < -0.4 is 5.32 Å². The number of nitrogens with zero attached hydrogens (tertiary/aromatic N) is 2. The first-order valence-electron chi connectivity index (χ1n) is 7.14. The number of rotatable bonds is 4. The lowest BCUT2D eigenvalue weighted by Crippen LogP contribution is -2.14. The molecular weight excluding hydrogens is 325 g/mol. The monoisotopic (exact) mass is 337 g/mol. The van der Waals surface area contributed by atoms with Crippen LogP contribution in [0.15, 0.2) is 53.9 Å². The molecular formula is C18H12FN3OS. The maximum absolute atomic E-state index is 13.3. The molecule has 0 aliphatic rings. The van der Waals surface area contributed by atoms with Crippen molar-refractivity contribution in [1.29, 1.82) is 5.26 Å². The Labute approximate surface area is 142 Å². The van der Waals surface area contributed by atoms with Crippen molar-refractivity contribution in [1.82, 2.24) is 4.98 Å². The second-order valence-electron chi connectivity index (χ2n) is 5.07. The van der Waals surface area contributed by atoms with Crippen molar-refractivity contribution in [2.45, 2.75) is 6.42 Å². The molecule has 0 aliphatic heterocycles. The van der Waals surface area contributed by atoms with Gasteiger partial charge in [-0.2, -0.15) is 5.26 Å². The number of nitrogens with one attached hydrogen (secondary N) is 1. The van der Waals surface area contributed by atoms with Crippen LogP contribution in [0.2, 0.25) is 0 Å². The zero-order valence-corrected chi connectivity index (χ0v) is 13.3. The summed E-state index contributed by atoms with van der Waals surface area (Å²) in [5, 5.41) is 14.0. The van der Waals surface area contributed by atoms with E-state index in [2.05, 4.69) is 10.3 Å². The van der Waals surface area contributed by atoms with E-state index in [9.17, 15) is 9.18 Å². The minimum atomic E-state index is -0.317. The van der Waals surface area contributed by atoms with Crippen molar-refractivity contribution in [2.75, 3.05) is 5.32 Å². The average molecular weight is 337 g/mol. The number of halogens is 1. The van der Waals surface area contributed by atoms with Crippen LogP contribution in [0.3, 0.4) is 0 Å². The topological polar surface area (TPSA) is 65.8 Å². The van der Waals surface area contributed by atoms with Gasteiger partial charge < -0.3 is 5.32 Å². The molecule has 0 unspecified atom stereocenters. The molecule has 0 spiro atoms. The molecule has 0 saturated carbocycles. The van der Waals surface area contributed by atoms with E-state index in [1.54, 1.807) is 41.8 Å². The fourth-order valence-corrected chi connectivity index (χ4v) is 2.96. The zero-order chi connectivity index (χ0) is 16.9. The third-order valence-electron chi connectivity index (χ3n) is 3.26. The Morgan fingerprint density at radius 2 is 2.04 bits per heavy atom. The molecule has 3 aromatic rings. The number of aromatic nitrogens is 1. The third-order valence-corrected chi connectivity index (χ3v) is 4.20. The summed E-state index contributed by atoms with van der Waals surface area (Å²) in [6.07, 6.45) is 0.131. The number of nitriles is 1. The molecule has 0 atom stereocenters. The van der Waals surface area contributed by atoms with E-state index >= 15 is 0 Å². The van der Waals surface area contributed by atoms with Crippen LogP contribution in [0.1, 0.15) is 11.3 Å². The number of amides is 1. The molecule has 0 fully saturated rings. The minimum Gasteiger partial charge on any atom is -0.326 e. The molecule has 118 valence electrons. The van der Waals surface area contributed by atoms with Crippen molar-refractivity contribution in [2.24, 2.45) is 0 Å². The molecule has 1 heterocycles. The van der Waals surface area contributed by atoms with Crippen molar-refractivity contribution in [3.05, 3.63) is 71.0 Å². The Balaban J connectivity index is 1.65. The van der Waals surface area contributed by atoms with Gasteiger partial charge in [-0.05, 0) is 36.4 Å². The molecule has 24 heavy (non-hydrogen) atoms. The molecule has 1 aromatic heterocycles. The van der Waals surface area contributed by atoms with Gasteiger partial charge >= 0.3 is 0 Å². The summed E-state index contributed by atoms with van der Waals surface area (Å²) in [5.41, 5.74) is 2.48. The van der Waals surface area contributed by atoms with Crippen LogP contribution in [0, 0.1) is 17.1 Å². The van der Waals surface area contributed by atoms with Crippen LogP contribution in [-0.2, 0) is 11.2 Å². The Hall–Kier alpha value is -3.04. The highest BCUT2D eigenvalue weighted by molar-refractivity contribution is 7.13. The summed E-state index contributed by atoms with van der Waals surface area (Å²) in [4.78, 5) is 16.4. The number of benzene rings is 2. The van der Waals surface area contributed by atoms with E-state index in [0.717, 1.165) is 0 Å². The van der Waals surface area contributed by atoms with Crippen molar-refractivity contribution in [3.63, 3.8) is 0 Å². The Kier molecular flexibility index (Phi) is 4.64. The van der Waals surface area contributed by atoms with Crippen LogP contribution in [0.4, 0.5) is 10.1 Å². The lowest BCUT2D eigenvalue weighted by atomic mass is 10.2. The highest BCUT2D eigenvalue weighted by atomic mass is 32.1. The number of hydrogen-bond acceptors (Lipinski definition) is 4. The quantitative estimate of drug-likeness (QED) is 0.782. The fraction of sp³-hybridized carbons (Fsp3) is 0.0556. The minimum absolute atomic E-state index is 0.131. The van der Waals surface area contributed by atoms with Crippen molar-refractivity contribution >= 4 is 22.9 Å². The first kappa shape index (κ1) is 15.8. The molecule has 0 bridgehead atoms. The summed E-state index contributed by atoms with van der Waals surface area (Å²) in [5.74, 6) is -0.515. The van der Waals surface area contributed by atoms with Gasteiger partial charge in [0.2, 0.25) is 5.91 Å². The Morgan fingerprint density at radius 1 is 1.25 bits per heavy atom.